The van der Waals surface area contributed by atoms with Crippen molar-refractivity contribution in [2.45, 2.75) is 37.8 Å². The van der Waals surface area contributed by atoms with Crippen molar-refractivity contribution in [2.75, 3.05) is 5.32 Å². The molecule has 10 heteroatoms. The van der Waals surface area contributed by atoms with Crippen molar-refractivity contribution < 1.29 is 27.2 Å². The molecular weight excluding hydrogens is 296 g/mol. The van der Waals surface area contributed by atoms with Crippen LogP contribution in [0.25, 0.3) is 0 Å². The van der Waals surface area contributed by atoms with Gasteiger partial charge in [0.15, 0.2) is 0 Å². The number of aromatic nitrogens is 2. The molecule has 6 nitrogen and oxygen atoms in total. The van der Waals surface area contributed by atoms with Crippen LogP contribution in [0.1, 0.15) is 12.8 Å². The summed E-state index contributed by atoms with van der Waals surface area (Å²) in [6.45, 7) is -0.155. The van der Waals surface area contributed by atoms with E-state index < -0.39 is 18.3 Å². The van der Waals surface area contributed by atoms with Crippen LogP contribution in [0.3, 0.4) is 0 Å². The van der Waals surface area contributed by atoms with Crippen LogP contribution in [0.2, 0.25) is 0 Å². The number of nitrogens with zero attached hydrogens (tertiary/aromatic N) is 2. The number of carbonyl (C=O) groups excluding carboxylic acids is 2. The second-order valence-electron chi connectivity index (χ2n) is 4.65. The molecule has 0 atom stereocenters. The summed E-state index contributed by atoms with van der Waals surface area (Å²) >= 11 is 0. The molecule has 0 spiro atoms. The smallest absolute Gasteiger partial charge is 0.352 e. The number of hydrogen-bond donors (Lipinski definition) is 2. The summed E-state index contributed by atoms with van der Waals surface area (Å²) in [6.07, 6.45) is -0.184. The average Bonchev–Trinajstić information content (AvgIpc) is 3.08. The van der Waals surface area contributed by atoms with Gasteiger partial charge in [-0.05, 0) is 12.8 Å². The second kappa shape index (κ2) is 5.70. The molecule has 1 aliphatic carbocycles. The van der Waals surface area contributed by atoms with Crippen LogP contribution in [0.4, 0.5) is 23.2 Å². The van der Waals surface area contributed by atoms with Gasteiger partial charge in [0, 0.05) is 12.2 Å². The Morgan fingerprint density at radius 2 is 2.10 bits per heavy atom. The molecule has 2 amide bonds. The van der Waals surface area contributed by atoms with E-state index in [2.05, 4.69) is 10.4 Å². The van der Waals surface area contributed by atoms with Crippen LogP contribution in [-0.4, -0.2) is 40.0 Å². The minimum Gasteiger partial charge on any atom is -0.352 e. The number of alkyl halides is 4. The standard InChI is InChI=1S/C11H12F4N4O2/c12-9(13)11(14,15)10(21)18-7-3-16-19(4-7)5-8(20)17-6-1-2-6/h3-4,6,9H,1-2,5H2,(H,17,20)(H,18,21). The molecule has 0 unspecified atom stereocenters. The van der Waals surface area contributed by atoms with Crippen molar-refractivity contribution >= 4 is 17.5 Å². The van der Waals surface area contributed by atoms with Gasteiger partial charge in [0.25, 0.3) is 0 Å². The van der Waals surface area contributed by atoms with Crippen molar-refractivity contribution in [3.63, 3.8) is 0 Å². The molecule has 1 fully saturated rings. The predicted octanol–water partition coefficient (Wildman–Crippen LogP) is 1.00. The van der Waals surface area contributed by atoms with Crippen LogP contribution >= 0.6 is 0 Å². The molecule has 1 aromatic heterocycles. The summed E-state index contributed by atoms with van der Waals surface area (Å²) in [5.74, 6) is -7.22. The Bertz CT molecular complexity index is 542. The molecule has 0 saturated heterocycles. The molecule has 0 bridgehead atoms. The highest BCUT2D eigenvalue weighted by Crippen LogP contribution is 2.24. The van der Waals surface area contributed by atoms with Gasteiger partial charge in [0.05, 0.1) is 11.9 Å². The van der Waals surface area contributed by atoms with Crippen LogP contribution < -0.4 is 10.6 Å². The summed E-state index contributed by atoms with van der Waals surface area (Å²) in [4.78, 5) is 22.5. The number of carbonyl (C=O) groups is 2. The average molecular weight is 308 g/mol. The van der Waals surface area contributed by atoms with Gasteiger partial charge < -0.3 is 10.6 Å². The van der Waals surface area contributed by atoms with Gasteiger partial charge >= 0.3 is 18.3 Å². The molecule has 1 aromatic rings. The van der Waals surface area contributed by atoms with Gasteiger partial charge in [-0.25, -0.2) is 8.78 Å². The van der Waals surface area contributed by atoms with Crippen LogP contribution in [-0.2, 0) is 16.1 Å². The largest absolute Gasteiger partial charge is 0.383 e. The lowest BCUT2D eigenvalue weighted by Gasteiger charge is -2.13. The number of rotatable bonds is 6. The summed E-state index contributed by atoms with van der Waals surface area (Å²) < 4.78 is 50.6. The lowest BCUT2D eigenvalue weighted by atomic mass is 10.3. The van der Waals surface area contributed by atoms with Crippen molar-refractivity contribution in [2.24, 2.45) is 0 Å². The highest BCUT2D eigenvalue weighted by Gasteiger charge is 2.49. The lowest BCUT2D eigenvalue weighted by molar-refractivity contribution is -0.163. The van der Waals surface area contributed by atoms with Gasteiger partial charge in [-0.3, -0.25) is 14.3 Å². The highest BCUT2D eigenvalue weighted by atomic mass is 19.3. The third-order valence-corrected chi connectivity index (χ3v) is 2.72. The summed E-state index contributed by atoms with van der Waals surface area (Å²) in [6, 6.07) is 0.164. The maximum atomic E-state index is 12.7. The van der Waals surface area contributed by atoms with E-state index in [4.69, 9.17) is 0 Å². The summed E-state index contributed by atoms with van der Waals surface area (Å²) in [5.41, 5.74) is -0.195. The van der Waals surface area contributed by atoms with E-state index in [1.54, 1.807) is 5.32 Å². The molecule has 2 N–H and O–H groups in total. The molecule has 1 aliphatic rings. The fourth-order valence-electron chi connectivity index (χ4n) is 1.48. The number of hydrogen-bond acceptors (Lipinski definition) is 3. The van der Waals surface area contributed by atoms with Crippen molar-refractivity contribution in [1.29, 1.82) is 0 Å². The fraction of sp³-hybridized carbons (Fsp3) is 0.545. The van der Waals surface area contributed by atoms with E-state index in [1.807, 2.05) is 0 Å². The minimum absolute atomic E-state index is 0.155. The zero-order chi connectivity index (χ0) is 15.6. The van der Waals surface area contributed by atoms with Crippen LogP contribution in [0, 0.1) is 0 Å². The molecule has 0 aromatic carbocycles. The van der Waals surface area contributed by atoms with E-state index in [-0.39, 0.29) is 24.2 Å². The van der Waals surface area contributed by atoms with E-state index in [0.29, 0.717) is 0 Å². The zero-order valence-corrected chi connectivity index (χ0v) is 10.7. The summed E-state index contributed by atoms with van der Waals surface area (Å²) in [7, 11) is 0. The Balaban J connectivity index is 1.90. The SMILES string of the molecule is O=C(Cn1cc(NC(=O)C(F)(F)C(F)F)cn1)NC1CC1. The molecule has 0 radical (unpaired) electrons. The molecule has 0 aliphatic heterocycles. The van der Waals surface area contributed by atoms with Crippen molar-refractivity contribution in [3.05, 3.63) is 12.4 Å². The topological polar surface area (TPSA) is 76.0 Å². The number of anilines is 1. The van der Waals surface area contributed by atoms with E-state index in [0.717, 1.165) is 29.9 Å². The Morgan fingerprint density at radius 3 is 2.67 bits per heavy atom. The molecule has 1 saturated carbocycles. The first-order valence-corrected chi connectivity index (χ1v) is 6.08. The lowest BCUT2D eigenvalue weighted by Crippen LogP contribution is -2.40. The highest BCUT2D eigenvalue weighted by molar-refractivity contribution is 5.96. The molecular formula is C11H12F4N4O2. The normalized spacial score (nSPS) is 15.1. The van der Waals surface area contributed by atoms with Crippen molar-refractivity contribution in [1.82, 2.24) is 15.1 Å². The first kappa shape index (κ1) is 15.3. The first-order valence-electron chi connectivity index (χ1n) is 6.08. The quantitative estimate of drug-likeness (QED) is 0.770. The Kier molecular flexibility index (Phi) is 4.14. The molecule has 2 rings (SSSR count). The second-order valence-corrected chi connectivity index (χ2v) is 4.65. The van der Waals surface area contributed by atoms with E-state index in [9.17, 15) is 27.2 Å². The minimum atomic E-state index is -4.79. The first-order chi connectivity index (χ1) is 9.79. The van der Waals surface area contributed by atoms with Gasteiger partial charge in [-0.1, -0.05) is 0 Å². The van der Waals surface area contributed by atoms with Gasteiger partial charge in [0.1, 0.15) is 6.54 Å². The molecule has 1 heterocycles. The third kappa shape index (κ3) is 3.92. The van der Waals surface area contributed by atoms with E-state index in [1.165, 1.54) is 0 Å². The summed E-state index contributed by atoms with van der Waals surface area (Å²) in [5, 5.41) is 7.98. The zero-order valence-electron chi connectivity index (χ0n) is 10.7. The van der Waals surface area contributed by atoms with Gasteiger partial charge in [0.2, 0.25) is 5.91 Å². The Morgan fingerprint density at radius 1 is 1.43 bits per heavy atom. The maximum absolute atomic E-state index is 12.7. The number of amides is 2. The predicted molar refractivity (Wildman–Crippen MR) is 63.0 cm³/mol. The van der Waals surface area contributed by atoms with Gasteiger partial charge in [-0.15, -0.1) is 0 Å². The van der Waals surface area contributed by atoms with Crippen molar-refractivity contribution in [3.8, 4) is 0 Å². The van der Waals surface area contributed by atoms with E-state index >= 15 is 0 Å². The monoisotopic (exact) mass is 308 g/mol. The number of halogens is 4. The van der Waals surface area contributed by atoms with Crippen LogP contribution in [0.15, 0.2) is 12.4 Å². The molecule has 21 heavy (non-hydrogen) atoms. The Labute approximate surface area is 116 Å². The van der Waals surface area contributed by atoms with Gasteiger partial charge in [-0.2, -0.15) is 13.9 Å². The Hall–Kier alpha value is -2.13. The third-order valence-electron chi connectivity index (χ3n) is 2.72. The maximum Gasteiger partial charge on any atom is 0.383 e. The van der Waals surface area contributed by atoms with Crippen LogP contribution in [0.5, 0.6) is 0 Å². The fourth-order valence-corrected chi connectivity index (χ4v) is 1.48. The number of nitrogens with one attached hydrogen (secondary N) is 2. The molecule has 116 valence electrons.